The van der Waals surface area contributed by atoms with Crippen molar-refractivity contribution in [3.8, 4) is 0 Å². The molecule has 1 unspecified atom stereocenters. The van der Waals surface area contributed by atoms with Crippen molar-refractivity contribution in [3.63, 3.8) is 0 Å². The molecule has 0 aromatic carbocycles. The highest BCUT2D eigenvalue weighted by atomic mass is 35.5. The lowest BCUT2D eigenvalue weighted by atomic mass is 9.94. The number of rotatable bonds is 3. The normalized spacial score (nSPS) is 22.8. The Morgan fingerprint density at radius 1 is 1.50 bits per heavy atom. The maximum absolute atomic E-state index is 12.0. The van der Waals surface area contributed by atoms with Crippen LogP contribution in [0.1, 0.15) is 40.0 Å². The second-order valence-corrected chi connectivity index (χ2v) is 4.97. The number of hydrogen-bond acceptors (Lipinski definition) is 2. The van der Waals surface area contributed by atoms with E-state index in [1.807, 2.05) is 18.7 Å². The van der Waals surface area contributed by atoms with Gasteiger partial charge in [-0.15, -0.1) is 12.4 Å². The van der Waals surface area contributed by atoms with E-state index in [1.54, 1.807) is 0 Å². The van der Waals surface area contributed by atoms with Crippen molar-refractivity contribution in [1.29, 1.82) is 0 Å². The largest absolute Gasteiger partial charge is 0.341 e. The summed E-state index contributed by atoms with van der Waals surface area (Å²) in [4.78, 5) is 14.0. The maximum atomic E-state index is 12.0. The van der Waals surface area contributed by atoms with Gasteiger partial charge in [0.2, 0.25) is 5.91 Å². The molecule has 2 N–H and O–H groups in total. The molecular formula is C12H25ClN2O. The molecule has 3 nitrogen and oxygen atoms in total. The molecule has 16 heavy (non-hydrogen) atoms. The molecule has 1 aliphatic heterocycles. The quantitative estimate of drug-likeness (QED) is 0.831. The third-order valence-corrected chi connectivity index (χ3v) is 3.41. The Labute approximate surface area is 105 Å². The van der Waals surface area contributed by atoms with Gasteiger partial charge in [0.1, 0.15) is 0 Å². The van der Waals surface area contributed by atoms with Gasteiger partial charge in [-0.1, -0.05) is 27.2 Å². The minimum Gasteiger partial charge on any atom is -0.341 e. The molecule has 0 radical (unpaired) electrons. The van der Waals surface area contributed by atoms with Gasteiger partial charge in [-0.2, -0.15) is 0 Å². The number of halogens is 1. The molecule has 1 saturated heterocycles. The van der Waals surface area contributed by atoms with E-state index in [0.29, 0.717) is 5.92 Å². The summed E-state index contributed by atoms with van der Waals surface area (Å²) in [7, 11) is 0. The molecule has 1 aliphatic rings. The van der Waals surface area contributed by atoms with E-state index in [9.17, 15) is 4.79 Å². The molecular weight excluding hydrogens is 224 g/mol. The predicted octanol–water partition coefficient (Wildman–Crippen LogP) is 2.04. The molecule has 1 rings (SSSR count). The van der Waals surface area contributed by atoms with E-state index >= 15 is 0 Å². The second-order valence-electron chi connectivity index (χ2n) is 4.97. The molecule has 0 bridgehead atoms. The van der Waals surface area contributed by atoms with Crippen LogP contribution in [0.5, 0.6) is 0 Å². The van der Waals surface area contributed by atoms with E-state index in [1.165, 1.54) is 12.8 Å². The minimum atomic E-state index is -0.319. The van der Waals surface area contributed by atoms with Crippen molar-refractivity contribution in [2.45, 2.75) is 46.1 Å². The summed E-state index contributed by atoms with van der Waals surface area (Å²) in [5, 5.41) is 0. The molecule has 0 aliphatic carbocycles. The summed E-state index contributed by atoms with van der Waals surface area (Å²) in [6.45, 7) is 8.01. The molecule has 4 heteroatoms. The molecule has 0 aromatic heterocycles. The first-order valence-electron chi connectivity index (χ1n) is 6.10. The van der Waals surface area contributed by atoms with Crippen LogP contribution in [0.4, 0.5) is 0 Å². The van der Waals surface area contributed by atoms with Crippen LogP contribution >= 0.6 is 12.4 Å². The van der Waals surface area contributed by atoms with Crippen molar-refractivity contribution in [1.82, 2.24) is 4.90 Å². The van der Waals surface area contributed by atoms with Crippen molar-refractivity contribution >= 4 is 18.3 Å². The Balaban J connectivity index is 0.00000225. The van der Waals surface area contributed by atoms with Gasteiger partial charge in [-0.3, -0.25) is 4.79 Å². The topological polar surface area (TPSA) is 46.3 Å². The zero-order chi connectivity index (χ0) is 11.4. The van der Waals surface area contributed by atoms with Crippen LogP contribution in [-0.4, -0.2) is 29.9 Å². The van der Waals surface area contributed by atoms with Crippen molar-refractivity contribution in [2.75, 3.05) is 13.1 Å². The van der Waals surface area contributed by atoms with Gasteiger partial charge in [0.05, 0.1) is 6.04 Å². The lowest BCUT2D eigenvalue weighted by Gasteiger charge is -2.34. The third-order valence-electron chi connectivity index (χ3n) is 3.41. The Hall–Kier alpha value is -0.280. The fourth-order valence-electron chi connectivity index (χ4n) is 2.09. The predicted molar refractivity (Wildman–Crippen MR) is 69.7 cm³/mol. The first-order valence-corrected chi connectivity index (χ1v) is 6.10. The van der Waals surface area contributed by atoms with Crippen LogP contribution in [-0.2, 0) is 4.79 Å². The number of hydrogen-bond donors (Lipinski definition) is 1. The van der Waals surface area contributed by atoms with Crippen molar-refractivity contribution in [2.24, 2.45) is 17.6 Å². The van der Waals surface area contributed by atoms with Gasteiger partial charge in [0.25, 0.3) is 0 Å². The molecule has 0 aromatic rings. The summed E-state index contributed by atoms with van der Waals surface area (Å²) in [5.41, 5.74) is 5.89. The van der Waals surface area contributed by atoms with E-state index in [-0.39, 0.29) is 30.3 Å². The molecule has 96 valence electrons. The van der Waals surface area contributed by atoms with E-state index in [4.69, 9.17) is 5.73 Å². The Bertz CT molecular complexity index is 221. The lowest BCUT2D eigenvalue weighted by molar-refractivity contribution is -0.135. The summed E-state index contributed by atoms with van der Waals surface area (Å²) in [6.07, 6.45) is 3.56. The summed E-state index contributed by atoms with van der Waals surface area (Å²) >= 11 is 0. The fourth-order valence-corrected chi connectivity index (χ4v) is 2.09. The number of carbonyl (C=O) groups is 1. The van der Waals surface area contributed by atoms with Gasteiger partial charge in [-0.05, 0) is 24.7 Å². The maximum Gasteiger partial charge on any atom is 0.239 e. The highest BCUT2D eigenvalue weighted by molar-refractivity contribution is 5.85. The van der Waals surface area contributed by atoms with Crippen LogP contribution < -0.4 is 5.73 Å². The van der Waals surface area contributed by atoms with Crippen LogP contribution in [0.25, 0.3) is 0 Å². The SMILES string of the molecule is CCC1CCCN(C(=O)[C@H](N)C(C)C)C1.Cl. The van der Waals surface area contributed by atoms with Crippen LogP contribution in [0, 0.1) is 11.8 Å². The molecule has 0 spiro atoms. The van der Waals surface area contributed by atoms with Crippen molar-refractivity contribution < 1.29 is 4.79 Å². The smallest absolute Gasteiger partial charge is 0.239 e. The van der Waals surface area contributed by atoms with Gasteiger partial charge in [0, 0.05) is 13.1 Å². The first-order chi connectivity index (χ1) is 7.06. The second kappa shape index (κ2) is 7.13. The summed E-state index contributed by atoms with van der Waals surface area (Å²) < 4.78 is 0. The number of likely N-dealkylation sites (tertiary alicyclic amines) is 1. The minimum absolute atomic E-state index is 0. The van der Waals surface area contributed by atoms with E-state index in [2.05, 4.69) is 6.92 Å². The van der Waals surface area contributed by atoms with Crippen LogP contribution in [0.15, 0.2) is 0 Å². The molecule has 1 fully saturated rings. The Morgan fingerprint density at radius 3 is 2.62 bits per heavy atom. The van der Waals surface area contributed by atoms with Crippen molar-refractivity contribution in [3.05, 3.63) is 0 Å². The van der Waals surface area contributed by atoms with E-state index in [0.717, 1.165) is 19.5 Å². The standard InChI is InChI=1S/C12H24N2O.ClH/c1-4-10-6-5-7-14(8-10)12(15)11(13)9(2)3;/h9-11H,4-8,13H2,1-3H3;1H/t10?,11-;/m1./s1. The first kappa shape index (κ1) is 15.7. The number of carbonyl (C=O) groups excluding carboxylic acids is 1. The van der Waals surface area contributed by atoms with Gasteiger partial charge >= 0.3 is 0 Å². The van der Waals surface area contributed by atoms with Gasteiger partial charge < -0.3 is 10.6 Å². The fraction of sp³-hybridized carbons (Fsp3) is 0.917. The number of nitrogens with zero attached hydrogens (tertiary/aromatic N) is 1. The average Bonchev–Trinajstić information content (AvgIpc) is 2.27. The summed E-state index contributed by atoms with van der Waals surface area (Å²) in [6, 6.07) is -0.319. The highest BCUT2D eigenvalue weighted by Crippen LogP contribution is 2.20. The Morgan fingerprint density at radius 2 is 2.12 bits per heavy atom. The van der Waals surface area contributed by atoms with Gasteiger partial charge in [-0.25, -0.2) is 0 Å². The molecule has 0 saturated carbocycles. The number of piperidine rings is 1. The van der Waals surface area contributed by atoms with Gasteiger partial charge in [0.15, 0.2) is 0 Å². The Kier molecular flexibility index (Phi) is 7.00. The lowest BCUT2D eigenvalue weighted by Crippen LogP contribution is -2.49. The van der Waals surface area contributed by atoms with Crippen LogP contribution in [0.3, 0.4) is 0 Å². The average molecular weight is 249 g/mol. The van der Waals surface area contributed by atoms with Crippen LogP contribution in [0.2, 0.25) is 0 Å². The zero-order valence-electron chi connectivity index (χ0n) is 10.6. The zero-order valence-corrected chi connectivity index (χ0v) is 11.4. The summed E-state index contributed by atoms with van der Waals surface area (Å²) in [5.74, 6) is 1.06. The monoisotopic (exact) mass is 248 g/mol. The van der Waals surface area contributed by atoms with E-state index < -0.39 is 0 Å². The number of amides is 1. The third kappa shape index (κ3) is 3.95. The highest BCUT2D eigenvalue weighted by Gasteiger charge is 2.27. The molecule has 2 atom stereocenters. The number of nitrogens with two attached hydrogens (primary N) is 1. The molecule has 1 amide bonds. The molecule has 1 heterocycles.